The van der Waals surface area contributed by atoms with Crippen molar-refractivity contribution in [3.8, 4) is 0 Å². The summed E-state index contributed by atoms with van der Waals surface area (Å²) in [5, 5.41) is 21.7. The molecule has 0 saturated heterocycles. The highest BCUT2D eigenvalue weighted by molar-refractivity contribution is 6.15. The van der Waals surface area contributed by atoms with Gasteiger partial charge in [-0.25, -0.2) is 19.4 Å². The molecule has 0 spiro atoms. The summed E-state index contributed by atoms with van der Waals surface area (Å²) >= 11 is 0. The molecule has 39 heavy (non-hydrogen) atoms. The second kappa shape index (κ2) is 11.8. The summed E-state index contributed by atoms with van der Waals surface area (Å²) in [4.78, 5) is 53.7. The number of para-hydroxylation sites is 2. The summed E-state index contributed by atoms with van der Waals surface area (Å²) in [6.07, 6.45) is -6.24. The number of urea groups is 1. The molecular formula is C25H20F3N5O6. The summed E-state index contributed by atoms with van der Waals surface area (Å²) in [5.41, 5.74) is 2.70. The van der Waals surface area contributed by atoms with Gasteiger partial charge in [-0.1, -0.05) is 30.3 Å². The van der Waals surface area contributed by atoms with Gasteiger partial charge in [-0.2, -0.15) is 13.2 Å². The highest BCUT2D eigenvalue weighted by Gasteiger charge is 2.38. The summed E-state index contributed by atoms with van der Waals surface area (Å²) in [6.45, 7) is 0. The van der Waals surface area contributed by atoms with Crippen molar-refractivity contribution in [1.82, 2.24) is 9.97 Å². The number of rotatable bonds is 5. The first-order valence-corrected chi connectivity index (χ1v) is 10.9. The van der Waals surface area contributed by atoms with Gasteiger partial charge < -0.3 is 25.8 Å². The first kappa shape index (κ1) is 28.2. The van der Waals surface area contributed by atoms with Crippen LogP contribution in [-0.2, 0) is 4.79 Å². The second-order valence-electron chi connectivity index (χ2n) is 7.76. The van der Waals surface area contributed by atoms with E-state index in [1.807, 2.05) is 6.07 Å². The number of halogens is 3. The SMILES string of the molecule is CN(C(=O)O)c1nc2cc(C(=O)c3ccccc3NC(=O)Nc3ccccc3)ccc2[nH]1.O=C(O)C(F)(F)F. The molecule has 0 atom stereocenters. The van der Waals surface area contributed by atoms with Crippen LogP contribution in [0, 0.1) is 0 Å². The monoisotopic (exact) mass is 543 g/mol. The average Bonchev–Trinajstić information content (AvgIpc) is 3.32. The molecule has 3 aromatic carbocycles. The Morgan fingerprint density at radius 3 is 2.13 bits per heavy atom. The number of amides is 3. The average molecular weight is 543 g/mol. The minimum Gasteiger partial charge on any atom is -0.475 e. The molecule has 202 valence electrons. The molecule has 0 aliphatic carbocycles. The summed E-state index contributed by atoms with van der Waals surface area (Å²) < 4.78 is 31.7. The predicted octanol–water partition coefficient (Wildman–Crippen LogP) is 5.19. The molecular weight excluding hydrogens is 523 g/mol. The maximum atomic E-state index is 13.2. The molecule has 0 saturated carbocycles. The van der Waals surface area contributed by atoms with Crippen LogP contribution in [0.25, 0.3) is 11.0 Å². The third-order valence-electron chi connectivity index (χ3n) is 5.03. The number of carboxylic acid groups (broad SMARTS) is 2. The smallest absolute Gasteiger partial charge is 0.475 e. The van der Waals surface area contributed by atoms with E-state index in [1.165, 1.54) is 7.05 Å². The van der Waals surface area contributed by atoms with Crippen LogP contribution in [-0.4, -0.2) is 57.3 Å². The normalized spacial score (nSPS) is 10.7. The van der Waals surface area contributed by atoms with Gasteiger partial charge in [-0.05, 0) is 42.5 Å². The van der Waals surface area contributed by atoms with E-state index in [2.05, 4.69) is 20.6 Å². The maximum absolute atomic E-state index is 13.2. The van der Waals surface area contributed by atoms with Crippen molar-refractivity contribution in [2.45, 2.75) is 6.18 Å². The van der Waals surface area contributed by atoms with Crippen LogP contribution in [0.2, 0.25) is 0 Å². The molecule has 11 nitrogen and oxygen atoms in total. The van der Waals surface area contributed by atoms with E-state index in [1.54, 1.807) is 66.7 Å². The number of aromatic amines is 1. The molecule has 0 fully saturated rings. The van der Waals surface area contributed by atoms with Crippen LogP contribution in [0.15, 0.2) is 72.8 Å². The lowest BCUT2D eigenvalue weighted by atomic mass is 10.0. The number of aromatic nitrogens is 2. The molecule has 0 bridgehead atoms. The van der Waals surface area contributed by atoms with Gasteiger partial charge >= 0.3 is 24.3 Å². The Kier molecular flexibility index (Phi) is 8.50. The van der Waals surface area contributed by atoms with Gasteiger partial charge in [-0.3, -0.25) is 9.69 Å². The van der Waals surface area contributed by atoms with Crippen molar-refractivity contribution in [2.75, 3.05) is 22.6 Å². The Morgan fingerprint density at radius 2 is 1.51 bits per heavy atom. The van der Waals surface area contributed by atoms with Gasteiger partial charge in [0.25, 0.3) is 0 Å². The topological polar surface area (TPSA) is 165 Å². The molecule has 3 amide bonds. The minimum atomic E-state index is -5.08. The fraction of sp³-hybridized carbons (Fsp3) is 0.0800. The van der Waals surface area contributed by atoms with E-state index in [0.29, 0.717) is 33.5 Å². The largest absolute Gasteiger partial charge is 0.490 e. The van der Waals surface area contributed by atoms with Crippen molar-refractivity contribution >= 4 is 52.2 Å². The predicted molar refractivity (Wildman–Crippen MR) is 135 cm³/mol. The number of fused-ring (bicyclic) bond motifs is 1. The first-order valence-electron chi connectivity index (χ1n) is 10.9. The van der Waals surface area contributed by atoms with Crippen molar-refractivity contribution in [1.29, 1.82) is 0 Å². The van der Waals surface area contributed by atoms with Gasteiger partial charge in [0.15, 0.2) is 5.78 Å². The molecule has 0 aliphatic heterocycles. The van der Waals surface area contributed by atoms with Crippen molar-refractivity contribution in [3.63, 3.8) is 0 Å². The highest BCUT2D eigenvalue weighted by Crippen LogP contribution is 2.23. The van der Waals surface area contributed by atoms with Crippen LogP contribution in [0.4, 0.5) is 40.1 Å². The minimum absolute atomic E-state index is 0.150. The number of hydrogen-bond donors (Lipinski definition) is 5. The summed E-state index contributed by atoms with van der Waals surface area (Å²) in [7, 11) is 1.37. The number of hydrogen-bond acceptors (Lipinski definition) is 5. The number of imidazole rings is 1. The standard InChI is InChI=1S/C23H19N5O4.C2HF3O2/c1-28(23(31)32)21-25-18-12-11-14(13-19(18)26-21)20(29)16-9-5-6-10-17(16)27-22(30)24-15-7-3-2-4-8-15;3-2(4,5)1(6)7/h2-13H,1H3,(H,25,26)(H,31,32)(H2,24,27,30);(H,6,7). The zero-order chi connectivity index (χ0) is 28.7. The van der Waals surface area contributed by atoms with Crippen LogP contribution < -0.4 is 15.5 Å². The number of ketones is 1. The number of carbonyl (C=O) groups excluding carboxylic acids is 2. The molecule has 5 N–H and O–H groups in total. The lowest BCUT2D eigenvalue weighted by molar-refractivity contribution is -0.192. The number of alkyl halides is 3. The maximum Gasteiger partial charge on any atom is 0.490 e. The fourth-order valence-electron chi connectivity index (χ4n) is 3.13. The summed E-state index contributed by atoms with van der Waals surface area (Å²) in [5.74, 6) is -2.91. The lowest BCUT2D eigenvalue weighted by Crippen LogP contribution is -2.24. The Bertz CT molecular complexity index is 1520. The Hall–Kier alpha value is -5.40. The van der Waals surface area contributed by atoms with Crippen LogP contribution >= 0.6 is 0 Å². The number of aliphatic carboxylic acids is 1. The first-order chi connectivity index (χ1) is 18.4. The molecule has 4 aromatic rings. The zero-order valence-corrected chi connectivity index (χ0v) is 20.0. The number of anilines is 3. The van der Waals surface area contributed by atoms with E-state index < -0.39 is 24.3 Å². The van der Waals surface area contributed by atoms with Crippen molar-refractivity contribution in [3.05, 3.63) is 83.9 Å². The Labute approximate surface area is 217 Å². The molecule has 14 heteroatoms. The van der Waals surface area contributed by atoms with E-state index in [0.717, 1.165) is 4.90 Å². The van der Waals surface area contributed by atoms with Gasteiger partial charge in [-0.15, -0.1) is 0 Å². The molecule has 0 radical (unpaired) electrons. The quantitative estimate of drug-likeness (QED) is 0.216. The summed E-state index contributed by atoms with van der Waals surface area (Å²) in [6, 6.07) is 20.0. The highest BCUT2D eigenvalue weighted by atomic mass is 19.4. The number of carboxylic acids is 1. The van der Waals surface area contributed by atoms with Crippen molar-refractivity contribution < 1.29 is 42.6 Å². The van der Waals surface area contributed by atoms with E-state index in [4.69, 9.17) is 15.0 Å². The third-order valence-corrected chi connectivity index (χ3v) is 5.03. The van der Waals surface area contributed by atoms with Gasteiger partial charge in [0, 0.05) is 23.9 Å². The third kappa shape index (κ3) is 7.31. The van der Waals surface area contributed by atoms with Crippen LogP contribution in [0.5, 0.6) is 0 Å². The number of benzene rings is 3. The molecule has 1 aromatic heterocycles. The van der Waals surface area contributed by atoms with Crippen molar-refractivity contribution in [2.24, 2.45) is 0 Å². The number of nitrogens with zero attached hydrogens (tertiary/aromatic N) is 2. The number of carbonyl (C=O) groups is 4. The molecule has 0 unspecified atom stereocenters. The van der Waals surface area contributed by atoms with Crippen LogP contribution in [0.1, 0.15) is 15.9 Å². The molecule has 0 aliphatic rings. The molecule has 4 rings (SSSR count). The molecule has 1 heterocycles. The lowest BCUT2D eigenvalue weighted by Gasteiger charge is -2.11. The van der Waals surface area contributed by atoms with Crippen LogP contribution in [0.3, 0.4) is 0 Å². The van der Waals surface area contributed by atoms with E-state index in [9.17, 15) is 27.6 Å². The number of H-pyrrole nitrogens is 1. The Balaban J connectivity index is 0.000000532. The second-order valence-corrected chi connectivity index (χ2v) is 7.76. The van der Waals surface area contributed by atoms with E-state index >= 15 is 0 Å². The fourth-order valence-corrected chi connectivity index (χ4v) is 3.13. The zero-order valence-electron chi connectivity index (χ0n) is 20.0. The van der Waals surface area contributed by atoms with E-state index in [-0.39, 0.29) is 11.7 Å². The Morgan fingerprint density at radius 1 is 0.897 bits per heavy atom. The van der Waals surface area contributed by atoms with Gasteiger partial charge in [0.1, 0.15) is 0 Å². The number of nitrogens with one attached hydrogen (secondary N) is 3. The van der Waals surface area contributed by atoms with Gasteiger partial charge in [0.05, 0.1) is 16.7 Å². The van der Waals surface area contributed by atoms with Gasteiger partial charge in [0.2, 0.25) is 5.95 Å².